The van der Waals surface area contributed by atoms with Crippen LogP contribution in [0.1, 0.15) is 11.5 Å². The Morgan fingerprint density at radius 3 is 2.40 bits per heavy atom. The second-order valence-corrected chi connectivity index (χ2v) is 5.03. The van der Waals surface area contributed by atoms with Crippen LogP contribution < -0.4 is 0 Å². The summed E-state index contributed by atoms with van der Waals surface area (Å²) in [6, 6.07) is 0. The summed E-state index contributed by atoms with van der Waals surface area (Å²) in [6.45, 7) is 2.21. The van der Waals surface area contributed by atoms with E-state index in [1.165, 1.54) is 11.6 Å². The molecule has 1 aliphatic heterocycles. The smallest absolute Gasteiger partial charge is 0.378 e. The predicted octanol–water partition coefficient (Wildman–Crippen LogP) is 1.91. The lowest BCUT2D eigenvalue weighted by Crippen LogP contribution is -2.42. The predicted molar refractivity (Wildman–Crippen MR) is 70.8 cm³/mol. The normalized spacial score (nSPS) is 17.7. The largest absolute Gasteiger partial charge is 0.436 e. The number of morpholine rings is 1. The first-order valence-corrected chi connectivity index (χ1v) is 6.74. The van der Waals surface area contributed by atoms with E-state index in [-0.39, 0.29) is 10.4 Å². The number of aromatic nitrogens is 2. The third-order valence-corrected chi connectivity index (χ3v) is 3.92. The second-order valence-electron chi connectivity index (χ2n) is 4.28. The molecule has 0 aromatic carbocycles. The van der Waals surface area contributed by atoms with Gasteiger partial charge in [0.1, 0.15) is 4.60 Å². The highest BCUT2D eigenvalue weighted by Crippen LogP contribution is 2.34. The summed E-state index contributed by atoms with van der Waals surface area (Å²) in [5.41, 5.74) is -0.940. The Labute approximate surface area is 122 Å². The molecule has 0 radical (unpaired) electrons. The second kappa shape index (κ2) is 5.72. The number of aliphatic imine (C=N–C) groups is 1. The fourth-order valence-electron chi connectivity index (χ4n) is 2.02. The number of ether oxygens (including phenoxy) is 1. The SMILES string of the molecule is CN=C(c1nc(C(F)(F)F)c(Br)n1C)N1CCOCC1. The molecule has 1 saturated heterocycles. The zero-order valence-electron chi connectivity index (χ0n) is 11.0. The molecule has 0 N–H and O–H groups in total. The van der Waals surface area contributed by atoms with Gasteiger partial charge in [0.05, 0.1) is 13.2 Å². The molecular formula is C11H14BrF3N4O. The molecule has 0 aliphatic carbocycles. The van der Waals surface area contributed by atoms with Gasteiger partial charge in [0.2, 0.25) is 0 Å². The Morgan fingerprint density at radius 1 is 1.35 bits per heavy atom. The van der Waals surface area contributed by atoms with Gasteiger partial charge in [-0.15, -0.1) is 0 Å². The van der Waals surface area contributed by atoms with Crippen LogP contribution in [0.4, 0.5) is 13.2 Å². The van der Waals surface area contributed by atoms with Gasteiger partial charge >= 0.3 is 6.18 Å². The maximum Gasteiger partial charge on any atom is 0.436 e. The van der Waals surface area contributed by atoms with E-state index in [4.69, 9.17) is 4.74 Å². The molecule has 1 fully saturated rings. The van der Waals surface area contributed by atoms with Crippen molar-refractivity contribution in [1.82, 2.24) is 14.5 Å². The van der Waals surface area contributed by atoms with E-state index in [2.05, 4.69) is 25.9 Å². The Balaban J connectivity index is 2.41. The van der Waals surface area contributed by atoms with E-state index in [9.17, 15) is 13.2 Å². The van der Waals surface area contributed by atoms with Gasteiger partial charge in [0, 0.05) is 27.2 Å². The lowest BCUT2D eigenvalue weighted by molar-refractivity contribution is -0.141. The summed E-state index contributed by atoms with van der Waals surface area (Å²) < 4.78 is 45.1. The monoisotopic (exact) mass is 354 g/mol. The topological polar surface area (TPSA) is 42.7 Å². The maximum atomic E-state index is 12.9. The van der Waals surface area contributed by atoms with Crippen molar-refractivity contribution in [2.24, 2.45) is 12.0 Å². The minimum Gasteiger partial charge on any atom is -0.378 e. The van der Waals surface area contributed by atoms with E-state index >= 15 is 0 Å². The lowest BCUT2D eigenvalue weighted by atomic mass is 10.3. The van der Waals surface area contributed by atoms with Crippen LogP contribution in [0.15, 0.2) is 9.60 Å². The van der Waals surface area contributed by atoms with E-state index < -0.39 is 11.9 Å². The van der Waals surface area contributed by atoms with Crippen molar-refractivity contribution >= 4 is 21.8 Å². The molecule has 112 valence electrons. The number of amidine groups is 1. The van der Waals surface area contributed by atoms with Crippen LogP contribution in [0, 0.1) is 0 Å². The molecule has 0 spiro atoms. The molecule has 2 heterocycles. The van der Waals surface area contributed by atoms with Gasteiger partial charge in [-0.05, 0) is 15.9 Å². The molecule has 0 unspecified atom stereocenters. The van der Waals surface area contributed by atoms with E-state index in [1.54, 1.807) is 7.05 Å². The van der Waals surface area contributed by atoms with E-state index in [0.29, 0.717) is 32.1 Å². The van der Waals surface area contributed by atoms with E-state index in [1.807, 2.05) is 4.90 Å². The molecule has 1 aromatic heterocycles. The first-order valence-electron chi connectivity index (χ1n) is 5.95. The highest BCUT2D eigenvalue weighted by atomic mass is 79.9. The van der Waals surface area contributed by atoms with Crippen molar-refractivity contribution in [3.63, 3.8) is 0 Å². The summed E-state index contributed by atoms with van der Waals surface area (Å²) in [5.74, 6) is 0.626. The summed E-state index contributed by atoms with van der Waals surface area (Å²) >= 11 is 2.94. The van der Waals surface area contributed by atoms with Crippen LogP contribution in [-0.2, 0) is 18.0 Å². The fourth-order valence-corrected chi connectivity index (χ4v) is 2.50. The molecule has 5 nitrogen and oxygen atoms in total. The Morgan fingerprint density at radius 2 is 1.95 bits per heavy atom. The van der Waals surface area contributed by atoms with Crippen molar-refractivity contribution in [3.05, 3.63) is 16.1 Å². The molecule has 1 aromatic rings. The number of halogens is 4. The zero-order chi connectivity index (χ0) is 14.9. The first-order chi connectivity index (χ1) is 9.36. The summed E-state index contributed by atoms with van der Waals surface area (Å²) in [7, 11) is 3.06. The van der Waals surface area contributed by atoms with Gasteiger partial charge < -0.3 is 14.2 Å². The molecule has 20 heavy (non-hydrogen) atoms. The van der Waals surface area contributed by atoms with Crippen LogP contribution in [0.3, 0.4) is 0 Å². The van der Waals surface area contributed by atoms with Crippen molar-refractivity contribution < 1.29 is 17.9 Å². The Bertz CT molecular complexity index is 520. The molecule has 0 atom stereocenters. The molecule has 1 aliphatic rings. The number of rotatable bonds is 1. The van der Waals surface area contributed by atoms with Crippen molar-refractivity contribution in [3.8, 4) is 0 Å². The fraction of sp³-hybridized carbons (Fsp3) is 0.636. The standard InChI is InChI=1S/C11H14BrF3N4O/c1-16-9(19-3-5-20-6-4-19)10-17-7(11(13,14)15)8(12)18(10)2/h3-6H2,1-2H3. The van der Waals surface area contributed by atoms with Crippen LogP contribution in [0.25, 0.3) is 0 Å². The quantitative estimate of drug-likeness (QED) is 0.571. The van der Waals surface area contributed by atoms with Crippen LogP contribution in [-0.4, -0.2) is 53.6 Å². The lowest BCUT2D eigenvalue weighted by Gasteiger charge is -2.29. The number of hydrogen-bond acceptors (Lipinski definition) is 3. The highest BCUT2D eigenvalue weighted by Gasteiger charge is 2.39. The molecule has 9 heteroatoms. The maximum absolute atomic E-state index is 12.9. The summed E-state index contributed by atoms with van der Waals surface area (Å²) in [5, 5.41) is 0. The molecule has 0 bridgehead atoms. The minimum atomic E-state index is -4.50. The van der Waals surface area contributed by atoms with Crippen molar-refractivity contribution in [1.29, 1.82) is 0 Å². The van der Waals surface area contributed by atoms with Gasteiger partial charge in [0.25, 0.3) is 0 Å². The van der Waals surface area contributed by atoms with Gasteiger partial charge in [-0.1, -0.05) is 0 Å². The minimum absolute atomic E-state index is 0.102. The molecular weight excluding hydrogens is 341 g/mol. The third-order valence-electron chi connectivity index (χ3n) is 3.02. The summed E-state index contributed by atoms with van der Waals surface area (Å²) in [4.78, 5) is 9.67. The Kier molecular flexibility index (Phi) is 4.38. The number of hydrogen-bond donors (Lipinski definition) is 0. The molecule has 0 saturated carbocycles. The summed E-state index contributed by atoms with van der Waals surface area (Å²) in [6.07, 6.45) is -4.50. The first kappa shape index (κ1) is 15.3. The van der Waals surface area contributed by atoms with Gasteiger partial charge in [-0.2, -0.15) is 13.2 Å². The zero-order valence-corrected chi connectivity index (χ0v) is 12.6. The Hall–Kier alpha value is -1.09. The highest BCUT2D eigenvalue weighted by molar-refractivity contribution is 9.10. The van der Waals surface area contributed by atoms with Gasteiger partial charge in [-0.3, -0.25) is 4.99 Å². The van der Waals surface area contributed by atoms with Crippen LogP contribution >= 0.6 is 15.9 Å². The number of nitrogens with zero attached hydrogens (tertiary/aromatic N) is 4. The molecule has 2 rings (SSSR count). The number of alkyl halides is 3. The van der Waals surface area contributed by atoms with Crippen LogP contribution in [0.5, 0.6) is 0 Å². The average Bonchev–Trinajstić information content (AvgIpc) is 2.69. The number of imidazole rings is 1. The van der Waals surface area contributed by atoms with Crippen molar-refractivity contribution in [2.45, 2.75) is 6.18 Å². The van der Waals surface area contributed by atoms with Crippen LogP contribution in [0.2, 0.25) is 0 Å². The average molecular weight is 355 g/mol. The third kappa shape index (κ3) is 2.83. The van der Waals surface area contributed by atoms with Gasteiger partial charge in [-0.25, -0.2) is 4.98 Å². The van der Waals surface area contributed by atoms with Crippen molar-refractivity contribution in [2.75, 3.05) is 33.4 Å². The molecule has 0 amide bonds. The van der Waals surface area contributed by atoms with E-state index in [0.717, 1.165) is 0 Å². The van der Waals surface area contributed by atoms with Gasteiger partial charge in [0.15, 0.2) is 17.4 Å².